The third kappa shape index (κ3) is 2.92. The fourth-order valence-electron chi connectivity index (χ4n) is 6.60. The molecule has 2 saturated heterocycles. The number of halogens is 2. The Bertz CT molecular complexity index is 1360. The number of likely N-dealkylation sites (tertiary alicyclic amines) is 2. The van der Waals surface area contributed by atoms with Crippen molar-refractivity contribution < 1.29 is 24.3 Å². The zero-order valence-corrected chi connectivity index (χ0v) is 21.5. The standard InChI is InChI=1S/C26H22Cl2N2O5S/c1-29-23(34)25(27)11-18-16(20(26(25,28)24(29)35)13-4-2-5-14(31)10-13)7-8-17-19(18)22(33)30(21(17)32)12-15-6-3-9-36-15/h2-7,9-10,17-20,31H,8,11-12H2,1H3. The van der Waals surface area contributed by atoms with Crippen LogP contribution < -0.4 is 0 Å². The van der Waals surface area contributed by atoms with E-state index < -0.39 is 45.2 Å². The van der Waals surface area contributed by atoms with Crippen LogP contribution in [0.2, 0.25) is 0 Å². The Labute approximate surface area is 221 Å². The minimum atomic E-state index is -1.84. The molecule has 10 heteroatoms. The summed E-state index contributed by atoms with van der Waals surface area (Å²) < 4.78 is 0. The molecule has 0 radical (unpaired) electrons. The summed E-state index contributed by atoms with van der Waals surface area (Å²) in [6.07, 6.45) is 2.16. The number of nitrogens with zero attached hydrogens (tertiary/aromatic N) is 2. The van der Waals surface area contributed by atoms with Crippen molar-refractivity contribution in [3.63, 3.8) is 0 Å². The Morgan fingerprint density at radius 2 is 1.83 bits per heavy atom. The molecule has 6 rings (SSSR count). The second kappa shape index (κ2) is 7.91. The third-order valence-electron chi connectivity index (χ3n) is 8.20. The van der Waals surface area contributed by atoms with E-state index in [1.807, 2.05) is 23.6 Å². The number of rotatable bonds is 3. The first kappa shape index (κ1) is 23.7. The monoisotopic (exact) mass is 544 g/mol. The molecule has 0 spiro atoms. The molecule has 4 aliphatic rings. The van der Waals surface area contributed by atoms with E-state index in [2.05, 4.69) is 0 Å². The summed E-state index contributed by atoms with van der Waals surface area (Å²) in [5.41, 5.74) is 1.23. The quantitative estimate of drug-likeness (QED) is 0.361. The van der Waals surface area contributed by atoms with Crippen LogP contribution >= 0.6 is 34.5 Å². The van der Waals surface area contributed by atoms with Gasteiger partial charge in [0.05, 0.1) is 18.4 Å². The lowest BCUT2D eigenvalue weighted by Crippen LogP contribution is -2.60. The number of carbonyl (C=O) groups is 4. The van der Waals surface area contributed by atoms with Crippen molar-refractivity contribution in [1.82, 2.24) is 9.80 Å². The van der Waals surface area contributed by atoms with E-state index in [0.717, 1.165) is 9.78 Å². The lowest BCUT2D eigenvalue weighted by Gasteiger charge is -2.50. The first-order chi connectivity index (χ1) is 17.1. The van der Waals surface area contributed by atoms with Gasteiger partial charge in [0, 0.05) is 17.8 Å². The molecule has 6 atom stereocenters. The van der Waals surface area contributed by atoms with Crippen LogP contribution in [0, 0.1) is 17.8 Å². The van der Waals surface area contributed by atoms with Gasteiger partial charge in [0.2, 0.25) is 11.8 Å². The Kier molecular flexibility index (Phi) is 5.21. The Balaban J connectivity index is 1.49. The molecule has 0 bridgehead atoms. The number of imide groups is 2. The van der Waals surface area contributed by atoms with Crippen molar-refractivity contribution in [3.8, 4) is 5.75 Å². The number of allylic oxidation sites excluding steroid dienone is 2. The maximum Gasteiger partial charge on any atom is 0.253 e. The van der Waals surface area contributed by atoms with E-state index in [9.17, 15) is 24.3 Å². The van der Waals surface area contributed by atoms with E-state index in [1.54, 1.807) is 12.1 Å². The SMILES string of the molecule is CN1C(=O)C2(Cl)CC3C(=CCC4C(=O)N(Cc5cccs5)C(=O)C43)C(c3cccc(O)c3)C2(Cl)C1=O. The summed E-state index contributed by atoms with van der Waals surface area (Å²) in [4.78, 5) is 53.4. The predicted octanol–water partition coefficient (Wildman–Crippen LogP) is 3.64. The fourth-order valence-corrected chi connectivity index (χ4v) is 8.31. The van der Waals surface area contributed by atoms with Gasteiger partial charge in [0.25, 0.3) is 11.8 Å². The highest BCUT2D eigenvalue weighted by atomic mass is 35.5. The van der Waals surface area contributed by atoms with E-state index in [1.165, 1.54) is 35.4 Å². The number of thiophene rings is 1. The van der Waals surface area contributed by atoms with Gasteiger partial charge in [0.1, 0.15) is 5.75 Å². The minimum absolute atomic E-state index is 0.0243. The smallest absolute Gasteiger partial charge is 0.253 e. The molecule has 4 amide bonds. The lowest BCUT2D eigenvalue weighted by atomic mass is 9.56. The molecule has 1 aromatic heterocycles. The van der Waals surface area contributed by atoms with E-state index in [-0.39, 0.29) is 30.5 Å². The van der Waals surface area contributed by atoms with E-state index in [4.69, 9.17) is 23.2 Å². The predicted molar refractivity (Wildman–Crippen MR) is 133 cm³/mol. The third-order valence-corrected chi connectivity index (χ3v) is 10.5. The normalized spacial score (nSPS) is 35.6. The first-order valence-corrected chi connectivity index (χ1v) is 13.3. The zero-order valence-electron chi connectivity index (χ0n) is 19.2. The number of benzene rings is 1. The molecule has 3 fully saturated rings. The number of aromatic hydroxyl groups is 1. The second-order valence-electron chi connectivity index (χ2n) is 9.93. The van der Waals surface area contributed by atoms with Crippen LogP contribution in [0.4, 0.5) is 0 Å². The molecule has 1 saturated carbocycles. The summed E-state index contributed by atoms with van der Waals surface area (Å²) in [6.45, 7) is 0.200. The van der Waals surface area contributed by atoms with Gasteiger partial charge in [-0.2, -0.15) is 0 Å². The molecule has 7 nitrogen and oxygen atoms in total. The van der Waals surface area contributed by atoms with Crippen molar-refractivity contribution in [2.24, 2.45) is 17.8 Å². The molecular formula is C26H22Cl2N2O5S. The zero-order chi connectivity index (χ0) is 25.6. The number of alkyl halides is 2. The van der Waals surface area contributed by atoms with Gasteiger partial charge in [-0.15, -0.1) is 34.5 Å². The molecule has 1 N–H and O–H groups in total. The van der Waals surface area contributed by atoms with Crippen LogP contribution in [-0.4, -0.2) is 55.3 Å². The number of carbonyl (C=O) groups excluding carboxylic acids is 4. The summed E-state index contributed by atoms with van der Waals surface area (Å²) >= 11 is 15.6. The number of amides is 4. The van der Waals surface area contributed by atoms with Gasteiger partial charge in [-0.25, -0.2) is 0 Å². The second-order valence-corrected chi connectivity index (χ2v) is 12.2. The van der Waals surface area contributed by atoms with Crippen molar-refractivity contribution in [1.29, 1.82) is 0 Å². The van der Waals surface area contributed by atoms with Crippen LogP contribution in [0.1, 0.15) is 29.2 Å². The maximum atomic E-state index is 13.7. The Hall–Kier alpha value is -2.68. The van der Waals surface area contributed by atoms with Crippen LogP contribution in [0.15, 0.2) is 53.4 Å². The van der Waals surface area contributed by atoms with Crippen molar-refractivity contribution in [2.75, 3.05) is 7.05 Å². The Morgan fingerprint density at radius 1 is 1.06 bits per heavy atom. The summed E-state index contributed by atoms with van der Waals surface area (Å²) in [5, 5.41) is 12.1. The van der Waals surface area contributed by atoms with Crippen molar-refractivity contribution in [3.05, 3.63) is 63.9 Å². The van der Waals surface area contributed by atoms with E-state index >= 15 is 0 Å². The van der Waals surface area contributed by atoms with Crippen LogP contribution in [-0.2, 0) is 25.7 Å². The molecular weight excluding hydrogens is 523 g/mol. The molecule has 36 heavy (non-hydrogen) atoms. The molecule has 186 valence electrons. The average Bonchev–Trinajstić information content (AvgIpc) is 3.48. The summed E-state index contributed by atoms with van der Waals surface area (Å²) in [7, 11) is 1.35. The van der Waals surface area contributed by atoms with Crippen LogP contribution in [0.25, 0.3) is 0 Å². The molecule has 6 unspecified atom stereocenters. The molecule has 2 aliphatic heterocycles. The number of hydrogen-bond acceptors (Lipinski definition) is 6. The summed E-state index contributed by atoms with van der Waals surface area (Å²) in [6, 6.07) is 10.1. The van der Waals surface area contributed by atoms with Gasteiger partial charge in [-0.3, -0.25) is 29.0 Å². The lowest BCUT2D eigenvalue weighted by molar-refractivity contribution is -0.141. The van der Waals surface area contributed by atoms with Gasteiger partial charge < -0.3 is 5.11 Å². The van der Waals surface area contributed by atoms with Crippen molar-refractivity contribution in [2.45, 2.75) is 35.1 Å². The highest BCUT2D eigenvalue weighted by molar-refractivity contribution is 7.09. The fraction of sp³-hybridized carbons (Fsp3) is 0.385. The van der Waals surface area contributed by atoms with Gasteiger partial charge in [-0.05, 0) is 47.9 Å². The van der Waals surface area contributed by atoms with E-state index in [0.29, 0.717) is 17.6 Å². The van der Waals surface area contributed by atoms with Gasteiger partial charge in [0.15, 0.2) is 9.75 Å². The number of fused-ring (bicyclic) bond motifs is 4. The number of phenols is 1. The number of hydrogen-bond donors (Lipinski definition) is 1. The van der Waals surface area contributed by atoms with Crippen molar-refractivity contribution >= 4 is 58.2 Å². The first-order valence-electron chi connectivity index (χ1n) is 11.7. The molecule has 2 aromatic rings. The van der Waals surface area contributed by atoms with Crippen LogP contribution in [0.3, 0.4) is 0 Å². The van der Waals surface area contributed by atoms with Gasteiger partial charge >= 0.3 is 0 Å². The Morgan fingerprint density at radius 3 is 2.53 bits per heavy atom. The highest BCUT2D eigenvalue weighted by Crippen LogP contribution is 2.65. The maximum absolute atomic E-state index is 13.7. The minimum Gasteiger partial charge on any atom is -0.508 e. The molecule has 2 aliphatic carbocycles. The largest absolute Gasteiger partial charge is 0.508 e. The molecule has 1 aromatic carbocycles. The van der Waals surface area contributed by atoms with Crippen LogP contribution in [0.5, 0.6) is 5.75 Å². The highest BCUT2D eigenvalue weighted by Gasteiger charge is 2.75. The summed E-state index contributed by atoms with van der Waals surface area (Å²) in [5.74, 6) is -4.49. The topological polar surface area (TPSA) is 95.0 Å². The molecule has 3 heterocycles. The number of phenolic OH excluding ortho intramolecular Hbond substituents is 1. The average molecular weight is 545 g/mol. The van der Waals surface area contributed by atoms with Gasteiger partial charge in [-0.1, -0.05) is 29.8 Å².